The first kappa shape index (κ1) is 28.5. The Morgan fingerprint density at radius 1 is 0.968 bits per heavy atom. The first-order valence-electron chi connectivity index (χ1n) is 10.4. The minimum Gasteiger partial charge on any atom is -0.361 e. The Kier molecular flexibility index (Phi) is 12.7. The Morgan fingerprint density at radius 2 is 1.52 bits per heavy atom. The molecule has 0 aliphatic carbocycles. The Hall–Kier alpha value is -0.560. The molecule has 0 aliphatic rings. The minimum atomic E-state index is -4.56. The van der Waals surface area contributed by atoms with E-state index < -0.39 is 21.7 Å². The lowest BCUT2D eigenvalue weighted by Crippen LogP contribution is -2.49. The van der Waals surface area contributed by atoms with Gasteiger partial charge in [-0.25, -0.2) is 0 Å². The van der Waals surface area contributed by atoms with Crippen LogP contribution in [0.25, 0.3) is 0 Å². The van der Waals surface area contributed by atoms with Crippen molar-refractivity contribution in [1.29, 1.82) is 0 Å². The van der Waals surface area contributed by atoms with Gasteiger partial charge in [-0.15, -0.1) is 0 Å². The van der Waals surface area contributed by atoms with Crippen molar-refractivity contribution in [3.63, 3.8) is 0 Å². The van der Waals surface area contributed by atoms with E-state index in [0.29, 0.717) is 6.42 Å². The molecule has 0 spiro atoms. The quantitative estimate of drug-likeness (QED) is 0.154. The van der Waals surface area contributed by atoms with Crippen molar-refractivity contribution < 1.29 is 18.0 Å². The fourth-order valence-electron chi connectivity index (χ4n) is 3.00. The average molecular weight is 524 g/mol. The number of anilines is 1. The van der Waals surface area contributed by atoms with Gasteiger partial charge in [0, 0.05) is 6.42 Å². The summed E-state index contributed by atoms with van der Waals surface area (Å²) in [5, 5.41) is 5.14. The van der Waals surface area contributed by atoms with E-state index in [1.165, 1.54) is 32.1 Å². The van der Waals surface area contributed by atoms with Gasteiger partial charge >= 0.3 is 6.18 Å². The van der Waals surface area contributed by atoms with Crippen LogP contribution in [0.15, 0.2) is 18.2 Å². The first-order valence-corrected chi connectivity index (χ1v) is 12.0. The van der Waals surface area contributed by atoms with Gasteiger partial charge in [-0.3, -0.25) is 4.79 Å². The van der Waals surface area contributed by atoms with Gasteiger partial charge in [0.1, 0.15) is 6.17 Å². The lowest BCUT2D eigenvalue weighted by molar-refractivity contribution is -0.137. The van der Waals surface area contributed by atoms with Crippen LogP contribution in [0, 0.1) is 0 Å². The van der Waals surface area contributed by atoms with Gasteiger partial charge in [0.2, 0.25) is 9.70 Å². The minimum absolute atomic E-state index is 0.000403. The van der Waals surface area contributed by atoms with E-state index in [0.717, 1.165) is 37.5 Å². The average Bonchev–Trinajstić information content (AvgIpc) is 2.66. The molecule has 1 aromatic carbocycles. The van der Waals surface area contributed by atoms with Crippen LogP contribution >= 0.6 is 46.4 Å². The predicted molar refractivity (Wildman–Crippen MR) is 124 cm³/mol. The summed E-state index contributed by atoms with van der Waals surface area (Å²) in [6.45, 7) is 2.18. The summed E-state index contributed by atoms with van der Waals surface area (Å²) < 4.78 is 36.9. The number of carbonyl (C=O) groups is 1. The number of carbonyl (C=O) groups excluding carboxylic acids is 1. The van der Waals surface area contributed by atoms with Crippen molar-refractivity contribution in [2.45, 2.75) is 87.3 Å². The van der Waals surface area contributed by atoms with Crippen molar-refractivity contribution in [1.82, 2.24) is 5.32 Å². The highest BCUT2D eigenvalue weighted by molar-refractivity contribution is 6.68. The van der Waals surface area contributed by atoms with Crippen molar-refractivity contribution in [2.24, 2.45) is 0 Å². The number of unbranched alkanes of at least 4 members (excludes halogenated alkanes) is 8. The van der Waals surface area contributed by atoms with Crippen LogP contribution < -0.4 is 10.6 Å². The van der Waals surface area contributed by atoms with Gasteiger partial charge in [-0.2, -0.15) is 13.2 Å². The molecule has 0 saturated heterocycles. The van der Waals surface area contributed by atoms with E-state index in [-0.39, 0.29) is 23.0 Å². The van der Waals surface area contributed by atoms with Crippen LogP contribution in [0.1, 0.15) is 76.7 Å². The maximum atomic E-state index is 13.0. The number of rotatable bonds is 13. The largest absolute Gasteiger partial charge is 0.416 e. The summed E-state index contributed by atoms with van der Waals surface area (Å²) in [5.74, 6) is -0.366. The highest BCUT2D eigenvalue weighted by atomic mass is 35.6. The van der Waals surface area contributed by atoms with Gasteiger partial charge in [-0.1, -0.05) is 105 Å². The molecular formula is C21H29Cl4F3N2O. The smallest absolute Gasteiger partial charge is 0.361 e. The number of benzene rings is 1. The molecule has 1 aromatic rings. The lowest BCUT2D eigenvalue weighted by atomic mass is 10.1. The number of amides is 1. The third-order valence-electron chi connectivity index (χ3n) is 4.73. The van der Waals surface area contributed by atoms with E-state index in [1.54, 1.807) is 0 Å². The molecule has 1 amide bonds. The van der Waals surface area contributed by atoms with Crippen LogP contribution in [0.4, 0.5) is 18.9 Å². The molecule has 3 nitrogen and oxygen atoms in total. The van der Waals surface area contributed by atoms with E-state index in [4.69, 9.17) is 46.4 Å². The molecular weight excluding hydrogens is 495 g/mol. The van der Waals surface area contributed by atoms with E-state index in [9.17, 15) is 18.0 Å². The fraction of sp³-hybridized carbons (Fsp3) is 0.667. The summed E-state index contributed by atoms with van der Waals surface area (Å²) >= 11 is 23.7. The van der Waals surface area contributed by atoms with Crippen molar-refractivity contribution in [3.05, 3.63) is 28.8 Å². The van der Waals surface area contributed by atoms with Crippen LogP contribution in [0.2, 0.25) is 5.02 Å². The van der Waals surface area contributed by atoms with Gasteiger partial charge in [0.05, 0.1) is 16.3 Å². The maximum absolute atomic E-state index is 13.0. The molecule has 0 fully saturated rings. The highest BCUT2D eigenvalue weighted by Crippen LogP contribution is 2.36. The van der Waals surface area contributed by atoms with Crippen molar-refractivity contribution in [2.75, 3.05) is 5.32 Å². The standard InChI is InChI=1S/C21H29Cl4F3N2O/c1-2-3-4-5-6-7-8-9-10-11-18(31)30-19(20(23,24)25)29-17-14-15(21(26,27)28)12-13-16(17)22/h12-14,19,29H,2-11H2,1H3,(H,30,31). The van der Waals surface area contributed by atoms with Crippen LogP contribution in [0.5, 0.6) is 0 Å². The monoisotopic (exact) mass is 522 g/mol. The highest BCUT2D eigenvalue weighted by Gasteiger charge is 2.35. The number of hydrogen-bond donors (Lipinski definition) is 2. The summed E-state index contributed by atoms with van der Waals surface area (Å²) in [7, 11) is 0. The third-order valence-corrected chi connectivity index (χ3v) is 5.72. The van der Waals surface area contributed by atoms with Gasteiger partial charge in [-0.05, 0) is 24.6 Å². The van der Waals surface area contributed by atoms with Crippen molar-refractivity contribution in [3.8, 4) is 0 Å². The number of alkyl halides is 6. The van der Waals surface area contributed by atoms with Crippen LogP contribution in [-0.4, -0.2) is 15.9 Å². The topological polar surface area (TPSA) is 41.1 Å². The van der Waals surface area contributed by atoms with Gasteiger partial charge < -0.3 is 10.6 Å². The molecule has 0 radical (unpaired) electrons. The summed E-state index contributed by atoms with van der Waals surface area (Å²) in [5.41, 5.74) is -1.01. The maximum Gasteiger partial charge on any atom is 0.416 e. The van der Waals surface area contributed by atoms with Crippen LogP contribution in [-0.2, 0) is 11.0 Å². The fourth-order valence-corrected chi connectivity index (χ4v) is 3.50. The van der Waals surface area contributed by atoms with Gasteiger partial charge in [0.25, 0.3) is 0 Å². The predicted octanol–water partition coefficient (Wildman–Crippen LogP) is 8.50. The van der Waals surface area contributed by atoms with E-state index in [2.05, 4.69) is 17.6 Å². The zero-order valence-corrected chi connectivity index (χ0v) is 20.5. The molecule has 0 bridgehead atoms. The Balaban J connectivity index is 2.54. The summed E-state index contributed by atoms with van der Waals surface area (Å²) in [6.07, 6.45) is 4.37. The molecule has 0 aromatic heterocycles. The molecule has 0 heterocycles. The summed E-state index contributed by atoms with van der Waals surface area (Å²) in [6, 6.07) is 2.74. The second kappa shape index (κ2) is 13.9. The van der Waals surface area contributed by atoms with Crippen LogP contribution in [0.3, 0.4) is 0 Å². The molecule has 178 valence electrons. The molecule has 0 saturated carbocycles. The summed E-state index contributed by atoms with van der Waals surface area (Å²) in [4.78, 5) is 12.3. The first-order chi connectivity index (χ1) is 14.4. The Bertz CT molecular complexity index is 682. The molecule has 2 N–H and O–H groups in total. The second-order valence-corrected chi connectivity index (χ2v) is 10.2. The van der Waals surface area contributed by atoms with E-state index >= 15 is 0 Å². The third kappa shape index (κ3) is 11.7. The number of nitrogens with one attached hydrogen (secondary N) is 2. The SMILES string of the molecule is CCCCCCCCCCCC(=O)NC(Nc1cc(C(F)(F)F)ccc1Cl)C(Cl)(Cl)Cl. The molecule has 10 heteroatoms. The molecule has 31 heavy (non-hydrogen) atoms. The molecule has 0 aliphatic heterocycles. The lowest BCUT2D eigenvalue weighted by Gasteiger charge is -2.28. The molecule has 1 rings (SSSR count). The number of hydrogen-bond acceptors (Lipinski definition) is 2. The Morgan fingerprint density at radius 3 is 2.03 bits per heavy atom. The molecule has 1 unspecified atom stereocenters. The van der Waals surface area contributed by atoms with Gasteiger partial charge in [0.15, 0.2) is 0 Å². The normalized spacial score (nSPS) is 13.2. The molecule has 1 atom stereocenters. The Labute approximate surface area is 202 Å². The zero-order valence-electron chi connectivity index (χ0n) is 17.4. The zero-order chi connectivity index (χ0) is 23.5. The number of halogens is 7. The van der Waals surface area contributed by atoms with E-state index in [1.807, 2.05) is 0 Å². The second-order valence-electron chi connectivity index (χ2n) is 7.46. The van der Waals surface area contributed by atoms with Crippen molar-refractivity contribution >= 4 is 58.0 Å².